The number of nitrogens with zero attached hydrogens (tertiary/aromatic N) is 2. The molecule has 128 valence electrons. The van der Waals surface area contributed by atoms with Crippen LogP contribution >= 0.6 is 0 Å². The summed E-state index contributed by atoms with van der Waals surface area (Å²) in [5.41, 5.74) is 2.67. The maximum absolute atomic E-state index is 12.3. The maximum atomic E-state index is 12.3. The zero-order valence-electron chi connectivity index (χ0n) is 14.1. The molecule has 7 heteroatoms. The predicted octanol–water partition coefficient (Wildman–Crippen LogP) is 1.56. The number of para-hydroxylation sites is 1. The van der Waals surface area contributed by atoms with E-state index in [1.807, 2.05) is 32.0 Å². The summed E-state index contributed by atoms with van der Waals surface area (Å²) in [7, 11) is 0. The molecule has 1 aliphatic rings. The molecular formula is C17H21N3O4. The van der Waals surface area contributed by atoms with Crippen LogP contribution < -0.4 is 5.32 Å². The number of imide groups is 2. The zero-order chi connectivity index (χ0) is 17.9. The normalized spacial score (nSPS) is 14.5. The van der Waals surface area contributed by atoms with Crippen LogP contribution in [0.2, 0.25) is 0 Å². The Morgan fingerprint density at radius 3 is 1.96 bits per heavy atom. The fraction of sp³-hybridized carbons (Fsp3) is 0.412. The van der Waals surface area contributed by atoms with E-state index in [0.717, 1.165) is 28.9 Å². The second kappa shape index (κ2) is 7.25. The third-order valence-corrected chi connectivity index (χ3v) is 4.02. The van der Waals surface area contributed by atoms with Crippen LogP contribution in [0.4, 0.5) is 10.5 Å². The molecule has 24 heavy (non-hydrogen) atoms. The molecule has 0 saturated carbocycles. The minimum atomic E-state index is -0.962. The molecule has 0 unspecified atom stereocenters. The van der Waals surface area contributed by atoms with Crippen LogP contribution in [0, 0.1) is 0 Å². The number of amides is 5. The van der Waals surface area contributed by atoms with E-state index in [1.165, 1.54) is 0 Å². The fourth-order valence-electron chi connectivity index (χ4n) is 2.69. The highest BCUT2D eigenvalue weighted by Gasteiger charge is 2.44. The summed E-state index contributed by atoms with van der Waals surface area (Å²) in [5.74, 6) is -2.35. The SMILES string of the molecule is CCc1cccc(CC)c1NC(=O)CN1C(=O)C(=O)N(CC)C1=O. The Bertz CT molecular complexity index is 677. The maximum Gasteiger partial charge on any atom is 0.334 e. The fourth-order valence-corrected chi connectivity index (χ4v) is 2.69. The summed E-state index contributed by atoms with van der Waals surface area (Å²) >= 11 is 0. The van der Waals surface area contributed by atoms with Crippen molar-refractivity contribution in [3.63, 3.8) is 0 Å². The number of carbonyl (C=O) groups excluding carboxylic acids is 4. The largest absolute Gasteiger partial charge is 0.334 e. The van der Waals surface area contributed by atoms with Crippen LogP contribution in [0.15, 0.2) is 18.2 Å². The molecule has 0 aromatic heterocycles. The predicted molar refractivity (Wildman–Crippen MR) is 88.3 cm³/mol. The topological polar surface area (TPSA) is 86.8 Å². The van der Waals surface area contributed by atoms with E-state index < -0.39 is 30.3 Å². The molecule has 1 heterocycles. The number of likely N-dealkylation sites (N-methyl/N-ethyl adjacent to an activating group) is 1. The summed E-state index contributed by atoms with van der Waals surface area (Å²) < 4.78 is 0. The number of nitrogens with one attached hydrogen (secondary N) is 1. The van der Waals surface area contributed by atoms with Gasteiger partial charge in [0.2, 0.25) is 5.91 Å². The van der Waals surface area contributed by atoms with Gasteiger partial charge in [-0.1, -0.05) is 32.0 Å². The highest BCUT2D eigenvalue weighted by molar-refractivity contribution is 6.45. The summed E-state index contributed by atoms with van der Waals surface area (Å²) in [6, 6.07) is 5.02. The average molecular weight is 331 g/mol. The van der Waals surface area contributed by atoms with E-state index in [4.69, 9.17) is 0 Å². The number of anilines is 1. The van der Waals surface area contributed by atoms with Gasteiger partial charge in [-0.05, 0) is 30.9 Å². The molecule has 1 saturated heterocycles. The van der Waals surface area contributed by atoms with E-state index in [1.54, 1.807) is 6.92 Å². The number of carbonyl (C=O) groups is 4. The molecule has 0 atom stereocenters. The van der Waals surface area contributed by atoms with Crippen molar-refractivity contribution in [1.82, 2.24) is 9.80 Å². The number of urea groups is 1. The average Bonchev–Trinajstić information content (AvgIpc) is 2.78. The standard InChI is InChI=1S/C17H21N3O4/c1-4-11-8-7-9-12(5-2)14(11)18-13(21)10-20-16(23)15(22)19(6-3)17(20)24/h7-9H,4-6,10H2,1-3H3,(H,18,21). The smallest absolute Gasteiger partial charge is 0.324 e. The first-order chi connectivity index (χ1) is 11.4. The second-order valence-corrected chi connectivity index (χ2v) is 5.43. The lowest BCUT2D eigenvalue weighted by molar-refractivity contribution is -0.143. The molecule has 0 aliphatic carbocycles. The number of hydrogen-bond acceptors (Lipinski definition) is 4. The van der Waals surface area contributed by atoms with E-state index in [2.05, 4.69) is 5.32 Å². The number of rotatable bonds is 6. The minimum Gasteiger partial charge on any atom is -0.324 e. The molecule has 1 aliphatic heterocycles. The van der Waals surface area contributed by atoms with Gasteiger partial charge in [-0.2, -0.15) is 0 Å². The Kier molecular flexibility index (Phi) is 5.33. The lowest BCUT2D eigenvalue weighted by Crippen LogP contribution is -2.39. The van der Waals surface area contributed by atoms with Crippen LogP contribution in [0.3, 0.4) is 0 Å². The van der Waals surface area contributed by atoms with Gasteiger partial charge in [0.05, 0.1) is 0 Å². The van der Waals surface area contributed by atoms with E-state index >= 15 is 0 Å². The Morgan fingerprint density at radius 2 is 1.50 bits per heavy atom. The van der Waals surface area contributed by atoms with Crippen molar-refractivity contribution in [3.8, 4) is 0 Å². The van der Waals surface area contributed by atoms with Gasteiger partial charge in [0.1, 0.15) is 6.54 Å². The van der Waals surface area contributed by atoms with E-state index in [-0.39, 0.29) is 6.54 Å². The molecular weight excluding hydrogens is 310 g/mol. The van der Waals surface area contributed by atoms with Gasteiger partial charge in [0, 0.05) is 12.2 Å². The van der Waals surface area contributed by atoms with Gasteiger partial charge >= 0.3 is 17.8 Å². The number of aryl methyl sites for hydroxylation is 2. The molecule has 5 amide bonds. The molecule has 0 bridgehead atoms. The molecule has 0 radical (unpaired) electrons. The van der Waals surface area contributed by atoms with Crippen molar-refractivity contribution in [2.24, 2.45) is 0 Å². The van der Waals surface area contributed by atoms with Crippen molar-refractivity contribution in [1.29, 1.82) is 0 Å². The molecule has 1 aromatic rings. The van der Waals surface area contributed by atoms with Crippen LogP contribution in [0.25, 0.3) is 0 Å². The first kappa shape index (κ1) is 17.7. The summed E-state index contributed by atoms with van der Waals surface area (Å²) in [6.45, 7) is 5.18. The van der Waals surface area contributed by atoms with Gasteiger partial charge in [-0.15, -0.1) is 0 Å². The summed E-state index contributed by atoms with van der Waals surface area (Å²) in [5, 5.41) is 2.78. The molecule has 1 aromatic carbocycles. The van der Waals surface area contributed by atoms with Crippen LogP contribution in [-0.4, -0.2) is 46.6 Å². The first-order valence-electron chi connectivity index (χ1n) is 8.02. The lowest BCUT2D eigenvalue weighted by atomic mass is 10.0. The monoisotopic (exact) mass is 331 g/mol. The van der Waals surface area contributed by atoms with Crippen molar-refractivity contribution in [2.75, 3.05) is 18.4 Å². The first-order valence-corrected chi connectivity index (χ1v) is 8.02. The molecule has 1 N–H and O–H groups in total. The molecule has 7 nitrogen and oxygen atoms in total. The van der Waals surface area contributed by atoms with Gasteiger partial charge in [0.25, 0.3) is 0 Å². The van der Waals surface area contributed by atoms with Crippen molar-refractivity contribution < 1.29 is 19.2 Å². The highest BCUT2D eigenvalue weighted by atomic mass is 16.2. The second-order valence-electron chi connectivity index (χ2n) is 5.43. The Balaban J connectivity index is 2.16. The quantitative estimate of drug-likeness (QED) is 0.633. The Hall–Kier alpha value is -2.70. The van der Waals surface area contributed by atoms with Gasteiger partial charge in [0.15, 0.2) is 0 Å². The zero-order valence-corrected chi connectivity index (χ0v) is 14.1. The number of benzene rings is 1. The van der Waals surface area contributed by atoms with Crippen LogP contribution in [0.5, 0.6) is 0 Å². The minimum absolute atomic E-state index is 0.0974. The van der Waals surface area contributed by atoms with Crippen molar-refractivity contribution in [2.45, 2.75) is 33.6 Å². The van der Waals surface area contributed by atoms with Gasteiger partial charge in [-0.25, -0.2) is 9.69 Å². The van der Waals surface area contributed by atoms with Crippen LogP contribution in [0.1, 0.15) is 31.9 Å². The lowest BCUT2D eigenvalue weighted by Gasteiger charge is -2.17. The summed E-state index contributed by atoms with van der Waals surface area (Å²) in [6.07, 6.45) is 1.49. The molecule has 1 fully saturated rings. The third-order valence-electron chi connectivity index (χ3n) is 4.02. The molecule has 2 rings (SSSR count). The van der Waals surface area contributed by atoms with E-state index in [9.17, 15) is 19.2 Å². The summed E-state index contributed by atoms with van der Waals surface area (Å²) in [4.78, 5) is 49.4. The third kappa shape index (κ3) is 3.15. The van der Waals surface area contributed by atoms with E-state index in [0.29, 0.717) is 10.6 Å². The van der Waals surface area contributed by atoms with Gasteiger partial charge in [-0.3, -0.25) is 19.3 Å². The van der Waals surface area contributed by atoms with Crippen molar-refractivity contribution >= 4 is 29.4 Å². The van der Waals surface area contributed by atoms with Crippen LogP contribution in [-0.2, 0) is 27.2 Å². The Morgan fingerprint density at radius 1 is 0.958 bits per heavy atom. The Labute approximate surface area is 140 Å². The van der Waals surface area contributed by atoms with Crippen molar-refractivity contribution in [3.05, 3.63) is 29.3 Å². The number of hydrogen-bond donors (Lipinski definition) is 1. The highest BCUT2D eigenvalue weighted by Crippen LogP contribution is 2.22. The van der Waals surface area contributed by atoms with Gasteiger partial charge < -0.3 is 5.32 Å². The molecule has 0 spiro atoms.